The molecule has 3 N–H and O–H groups in total. The fourth-order valence-electron chi connectivity index (χ4n) is 0.961. The van der Waals surface area contributed by atoms with Crippen molar-refractivity contribution >= 4 is 18.0 Å². The molecule has 1 heterocycles. The molecule has 0 amide bonds. The van der Waals surface area contributed by atoms with Crippen LogP contribution < -0.4 is 5.32 Å². The van der Waals surface area contributed by atoms with Gasteiger partial charge < -0.3 is 15.4 Å². The van der Waals surface area contributed by atoms with Gasteiger partial charge in [0.2, 0.25) is 0 Å². The second kappa shape index (κ2) is 4.94. The number of aliphatic hydroxyl groups excluding tert-OH is 1. The molecule has 4 nitrogen and oxygen atoms in total. The first kappa shape index (κ1) is 10.1. The SMILES string of the molecule is CCc1nc(=S)cc(NCCO)[nH]1. The number of anilines is 1. The minimum absolute atomic E-state index is 0.102. The first-order valence-corrected chi connectivity index (χ1v) is 4.62. The highest BCUT2D eigenvalue weighted by Crippen LogP contribution is 2.03. The molecule has 1 aromatic rings. The quantitative estimate of drug-likeness (QED) is 0.636. The van der Waals surface area contributed by atoms with Crippen LogP contribution >= 0.6 is 12.2 Å². The van der Waals surface area contributed by atoms with Gasteiger partial charge >= 0.3 is 0 Å². The van der Waals surface area contributed by atoms with Crippen molar-refractivity contribution in [1.29, 1.82) is 0 Å². The zero-order valence-electron chi connectivity index (χ0n) is 7.50. The van der Waals surface area contributed by atoms with Gasteiger partial charge in [-0.2, -0.15) is 0 Å². The molecule has 0 saturated heterocycles. The van der Waals surface area contributed by atoms with E-state index in [1.54, 1.807) is 6.07 Å². The van der Waals surface area contributed by atoms with Gasteiger partial charge in [-0.15, -0.1) is 0 Å². The van der Waals surface area contributed by atoms with Gasteiger partial charge in [0.1, 0.15) is 16.3 Å². The second-order valence-electron chi connectivity index (χ2n) is 2.58. The Morgan fingerprint density at radius 3 is 3.08 bits per heavy atom. The number of hydrogen-bond acceptors (Lipinski definition) is 4. The van der Waals surface area contributed by atoms with E-state index >= 15 is 0 Å². The lowest BCUT2D eigenvalue weighted by atomic mass is 10.4. The first-order chi connectivity index (χ1) is 6.26. The average Bonchev–Trinajstić information content (AvgIpc) is 2.14. The third-order valence-corrected chi connectivity index (χ3v) is 1.76. The normalized spacial score (nSPS) is 10.0. The number of rotatable bonds is 4. The number of aliphatic hydroxyl groups is 1. The highest BCUT2D eigenvalue weighted by molar-refractivity contribution is 7.71. The highest BCUT2D eigenvalue weighted by atomic mass is 32.1. The van der Waals surface area contributed by atoms with Crippen LogP contribution in [-0.4, -0.2) is 28.2 Å². The van der Waals surface area contributed by atoms with Crippen LogP contribution in [0.2, 0.25) is 0 Å². The molecule has 72 valence electrons. The first-order valence-electron chi connectivity index (χ1n) is 4.21. The molecule has 0 aliphatic carbocycles. The van der Waals surface area contributed by atoms with Crippen LogP contribution in [0.5, 0.6) is 0 Å². The smallest absolute Gasteiger partial charge is 0.131 e. The molecule has 0 unspecified atom stereocenters. The van der Waals surface area contributed by atoms with Crippen LogP contribution in [0.1, 0.15) is 12.7 Å². The Bertz CT molecular complexity index is 323. The molecule has 0 fully saturated rings. The maximum Gasteiger partial charge on any atom is 0.131 e. The Morgan fingerprint density at radius 1 is 1.69 bits per heavy atom. The minimum atomic E-state index is 0.102. The number of hydrogen-bond donors (Lipinski definition) is 3. The summed E-state index contributed by atoms with van der Waals surface area (Å²) in [4.78, 5) is 7.19. The third kappa shape index (κ3) is 3.12. The zero-order chi connectivity index (χ0) is 9.68. The van der Waals surface area contributed by atoms with E-state index in [-0.39, 0.29) is 6.61 Å². The molecular formula is C8H13N3OS. The van der Waals surface area contributed by atoms with Crippen molar-refractivity contribution in [2.45, 2.75) is 13.3 Å². The van der Waals surface area contributed by atoms with E-state index in [0.29, 0.717) is 11.2 Å². The standard InChI is InChI=1S/C8H13N3OS/c1-2-6-10-7(9-3-4-12)5-8(13)11-6/h5,12H,2-4H2,1H3,(H2,9,10,11,13). The molecule has 0 aliphatic rings. The number of aromatic nitrogens is 2. The van der Waals surface area contributed by atoms with Crippen molar-refractivity contribution in [2.24, 2.45) is 0 Å². The number of nitrogens with one attached hydrogen (secondary N) is 2. The topological polar surface area (TPSA) is 60.9 Å². The summed E-state index contributed by atoms with van der Waals surface area (Å²) in [7, 11) is 0. The molecule has 0 aliphatic heterocycles. The number of aromatic amines is 1. The fraction of sp³-hybridized carbons (Fsp3) is 0.500. The Labute approximate surface area is 82.0 Å². The van der Waals surface area contributed by atoms with Crippen molar-refractivity contribution in [1.82, 2.24) is 9.97 Å². The minimum Gasteiger partial charge on any atom is -0.395 e. The van der Waals surface area contributed by atoms with Gasteiger partial charge in [-0.3, -0.25) is 0 Å². The molecule has 1 aromatic heterocycles. The molecule has 0 atom stereocenters. The van der Waals surface area contributed by atoms with Crippen molar-refractivity contribution in [3.63, 3.8) is 0 Å². The van der Waals surface area contributed by atoms with Crippen LogP contribution in [0, 0.1) is 4.64 Å². The molecule has 0 spiro atoms. The van der Waals surface area contributed by atoms with Gasteiger partial charge in [0.05, 0.1) is 6.61 Å². The maximum absolute atomic E-state index is 8.61. The Hall–Kier alpha value is -0.940. The average molecular weight is 199 g/mol. The van der Waals surface area contributed by atoms with Crippen molar-refractivity contribution in [2.75, 3.05) is 18.5 Å². The van der Waals surface area contributed by atoms with Gasteiger partial charge in [0.15, 0.2) is 0 Å². The lowest BCUT2D eigenvalue weighted by Crippen LogP contribution is -2.08. The summed E-state index contributed by atoms with van der Waals surface area (Å²) in [5.41, 5.74) is 0. The molecule has 5 heteroatoms. The lowest BCUT2D eigenvalue weighted by molar-refractivity contribution is 0.311. The lowest BCUT2D eigenvalue weighted by Gasteiger charge is -2.05. The Balaban J connectivity index is 2.82. The van der Waals surface area contributed by atoms with E-state index in [9.17, 15) is 0 Å². The Morgan fingerprint density at radius 2 is 2.46 bits per heavy atom. The molecular weight excluding hydrogens is 186 g/mol. The van der Waals surface area contributed by atoms with Gasteiger partial charge in [-0.1, -0.05) is 19.1 Å². The van der Waals surface area contributed by atoms with E-state index < -0.39 is 0 Å². The van der Waals surface area contributed by atoms with Crippen LogP contribution in [0.4, 0.5) is 5.82 Å². The van der Waals surface area contributed by atoms with Gasteiger partial charge in [-0.25, -0.2) is 4.98 Å². The summed E-state index contributed by atoms with van der Waals surface area (Å²) in [5, 5.41) is 11.6. The summed E-state index contributed by atoms with van der Waals surface area (Å²) in [6, 6.07) is 1.74. The molecule has 0 aromatic carbocycles. The maximum atomic E-state index is 8.61. The van der Waals surface area contributed by atoms with Crippen molar-refractivity contribution in [3.8, 4) is 0 Å². The van der Waals surface area contributed by atoms with Gasteiger partial charge in [0.25, 0.3) is 0 Å². The van der Waals surface area contributed by atoms with Crippen LogP contribution in [-0.2, 0) is 6.42 Å². The molecule has 0 saturated carbocycles. The summed E-state index contributed by atoms with van der Waals surface area (Å²) in [6.07, 6.45) is 0.818. The van der Waals surface area contributed by atoms with E-state index in [4.69, 9.17) is 17.3 Å². The zero-order valence-corrected chi connectivity index (χ0v) is 8.32. The number of H-pyrrole nitrogens is 1. The molecule has 0 radical (unpaired) electrons. The van der Waals surface area contributed by atoms with Crippen LogP contribution in [0.25, 0.3) is 0 Å². The summed E-state index contributed by atoms with van der Waals surface area (Å²) >= 11 is 4.97. The largest absolute Gasteiger partial charge is 0.395 e. The Kier molecular flexibility index (Phi) is 3.85. The van der Waals surface area contributed by atoms with Crippen molar-refractivity contribution in [3.05, 3.63) is 16.5 Å². The van der Waals surface area contributed by atoms with Gasteiger partial charge in [0, 0.05) is 19.0 Å². The second-order valence-corrected chi connectivity index (χ2v) is 3.00. The molecule has 13 heavy (non-hydrogen) atoms. The predicted molar refractivity (Wildman–Crippen MR) is 54.4 cm³/mol. The van der Waals surface area contributed by atoms with E-state index in [1.165, 1.54) is 0 Å². The van der Waals surface area contributed by atoms with Crippen LogP contribution in [0.15, 0.2) is 6.07 Å². The molecule has 0 bridgehead atoms. The monoisotopic (exact) mass is 199 g/mol. The number of aryl methyl sites for hydroxylation is 1. The number of nitrogens with zero attached hydrogens (tertiary/aromatic N) is 1. The summed E-state index contributed by atoms with van der Waals surface area (Å²) in [6.45, 7) is 2.62. The van der Waals surface area contributed by atoms with E-state index in [0.717, 1.165) is 18.1 Å². The van der Waals surface area contributed by atoms with Gasteiger partial charge in [-0.05, 0) is 0 Å². The predicted octanol–water partition coefficient (Wildman–Crippen LogP) is 1.11. The van der Waals surface area contributed by atoms with E-state index in [1.807, 2.05) is 6.92 Å². The summed E-state index contributed by atoms with van der Waals surface area (Å²) < 4.78 is 0.566. The summed E-state index contributed by atoms with van der Waals surface area (Å²) in [5.74, 6) is 1.67. The fourth-order valence-corrected chi connectivity index (χ4v) is 1.19. The third-order valence-electron chi connectivity index (χ3n) is 1.55. The van der Waals surface area contributed by atoms with Crippen molar-refractivity contribution < 1.29 is 5.11 Å². The highest BCUT2D eigenvalue weighted by Gasteiger charge is 1.95. The van der Waals surface area contributed by atoms with Crippen LogP contribution in [0.3, 0.4) is 0 Å². The van der Waals surface area contributed by atoms with E-state index in [2.05, 4.69) is 15.3 Å². The molecule has 1 rings (SSSR count).